The van der Waals surface area contributed by atoms with Gasteiger partial charge in [-0.1, -0.05) is 57.3 Å². The van der Waals surface area contributed by atoms with Gasteiger partial charge in [0.15, 0.2) is 0 Å². The fraction of sp³-hybridized carbons (Fsp3) is 0.429. The molecule has 1 amide bonds. The minimum Gasteiger partial charge on any atom is -0.489 e. The lowest BCUT2D eigenvalue weighted by Crippen LogP contribution is -2.75. The minimum absolute atomic E-state index is 0.119. The third-order valence-electron chi connectivity index (χ3n) is 6.63. The highest BCUT2D eigenvalue weighted by molar-refractivity contribution is 6.31. The third-order valence-corrected chi connectivity index (χ3v) is 6.95. The summed E-state index contributed by atoms with van der Waals surface area (Å²) in [6, 6.07) is 14.4. The van der Waals surface area contributed by atoms with E-state index in [0.29, 0.717) is 28.3 Å². The fourth-order valence-corrected chi connectivity index (χ4v) is 5.85. The monoisotopic (exact) mass is 478 g/mol. The molecule has 3 rings (SSSR count). The van der Waals surface area contributed by atoms with E-state index in [0.717, 1.165) is 5.56 Å². The summed E-state index contributed by atoms with van der Waals surface area (Å²) < 4.78 is 6.36. The van der Waals surface area contributed by atoms with Gasteiger partial charge in [-0.3, -0.25) is 4.79 Å². The van der Waals surface area contributed by atoms with E-state index in [1.807, 2.05) is 18.2 Å². The number of rotatable bonds is 7. The van der Waals surface area contributed by atoms with Crippen LogP contribution in [-0.4, -0.2) is 41.2 Å². The molecule has 0 heterocycles. The maximum atomic E-state index is 13.6. The summed E-state index contributed by atoms with van der Waals surface area (Å²) in [6.07, 6.45) is 0.371. The molecule has 1 fully saturated rings. The Hall–Kier alpha value is -2.99. The van der Waals surface area contributed by atoms with Crippen molar-refractivity contribution in [3.8, 4) is 23.7 Å². The van der Waals surface area contributed by atoms with Gasteiger partial charge in [0.25, 0.3) is 5.91 Å². The van der Waals surface area contributed by atoms with Gasteiger partial charge in [0.1, 0.15) is 17.9 Å². The first kappa shape index (κ1) is 25.6. The molecule has 5 nitrogen and oxygen atoms in total. The lowest BCUT2D eigenvalue weighted by Gasteiger charge is -2.65. The molecule has 178 valence electrons. The van der Waals surface area contributed by atoms with Crippen molar-refractivity contribution in [3.63, 3.8) is 0 Å². The average molecular weight is 479 g/mol. The molecule has 2 aromatic carbocycles. The fourth-order valence-electron chi connectivity index (χ4n) is 5.64. The summed E-state index contributed by atoms with van der Waals surface area (Å²) in [5.41, 5.74) is 1.15. The molecule has 0 unspecified atom stereocenters. The van der Waals surface area contributed by atoms with Crippen molar-refractivity contribution < 1.29 is 14.6 Å². The molecule has 0 saturated heterocycles. The van der Waals surface area contributed by atoms with Crippen molar-refractivity contribution in [1.29, 1.82) is 5.26 Å². The van der Waals surface area contributed by atoms with Crippen molar-refractivity contribution >= 4 is 17.5 Å². The smallest absolute Gasteiger partial charge is 0.254 e. The molecule has 1 aliphatic rings. The van der Waals surface area contributed by atoms with E-state index >= 15 is 0 Å². The summed E-state index contributed by atoms with van der Waals surface area (Å²) in [6.45, 7) is 10.2. The van der Waals surface area contributed by atoms with E-state index < -0.39 is 10.8 Å². The zero-order valence-electron chi connectivity index (χ0n) is 20.4. The highest BCUT2D eigenvalue weighted by Crippen LogP contribution is 2.58. The van der Waals surface area contributed by atoms with Gasteiger partial charge in [0, 0.05) is 41.5 Å². The maximum absolute atomic E-state index is 13.6. The van der Waals surface area contributed by atoms with E-state index in [9.17, 15) is 9.90 Å². The predicted molar refractivity (Wildman–Crippen MR) is 134 cm³/mol. The molecule has 6 heteroatoms. The Bertz CT molecular complexity index is 1150. The Balaban J connectivity index is 1.89. The van der Waals surface area contributed by atoms with Gasteiger partial charge < -0.3 is 14.7 Å². The predicted octanol–water partition coefficient (Wildman–Crippen LogP) is 5.09. The molecular formula is C28H31ClN2O3. The maximum Gasteiger partial charge on any atom is 0.254 e. The molecule has 0 bridgehead atoms. The zero-order valence-corrected chi connectivity index (χ0v) is 21.1. The Morgan fingerprint density at radius 3 is 2.47 bits per heavy atom. The lowest BCUT2D eigenvalue weighted by molar-refractivity contribution is -0.200. The molecule has 34 heavy (non-hydrogen) atoms. The molecule has 0 radical (unpaired) electrons. The second-order valence-electron chi connectivity index (χ2n) is 9.82. The van der Waals surface area contributed by atoms with Crippen LogP contribution in [0.5, 0.6) is 5.75 Å². The first-order chi connectivity index (χ1) is 16.1. The molecule has 0 aromatic heterocycles. The number of carbonyl (C=O) groups is 1. The number of aliphatic hydroxyl groups excluding tert-OH is 1. The van der Waals surface area contributed by atoms with Crippen molar-refractivity contribution in [2.75, 3.05) is 13.2 Å². The molecule has 0 aliphatic heterocycles. The molecule has 1 N–H and O–H groups in total. The van der Waals surface area contributed by atoms with Gasteiger partial charge in [-0.05, 0) is 36.8 Å². The van der Waals surface area contributed by atoms with E-state index in [-0.39, 0.29) is 31.2 Å². The van der Waals surface area contributed by atoms with Crippen LogP contribution in [0.3, 0.4) is 0 Å². The number of halogens is 1. The van der Waals surface area contributed by atoms with Gasteiger partial charge in [-0.2, -0.15) is 5.26 Å². The zero-order chi connectivity index (χ0) is 25.1. The van der Waals surface area contributed by atoms with Crippen molar-refractivity contribution in [2.24, 2.45) is 10.8 Å². The minimum atomic E-state index is -0.403. The second-order valence-corrected chi connectivity index (χ2v) is 10.2. The summed E-state index contributed by atoms with van der Waals surface area (Å²) in [7, 11) is 0. The van der Waals surface area contributed by atoms with Crippen LogP contribution >= 0.6 is 11.6 Å². The molecule has 0 atom stereocenters. The van der Waals surface area contributed by atoms with Crippen LogP contribution in [-0.2, 0) is 6.42 Å². The quantitative estimate of drug-likeness (QED) is 0.562. The lowest BCUT2D eigenvalue weighted by atomic mass is 9.48. The number of benzene rings is 2. The number of aliphatic hydroxyl groups is 1. The summed E-state index contributed by atoms with van der Waals surface area (Å²) >= 11 is 6.20. The number of ether oxygens (including phenoxy) is 1. The van der Waals surface area contributed by atoms with E-state index in [4.69, 9.17) is 21.6 Å². The molecular weight excluding hydrogens is 448 g/mol. The van der Waals surface area contributed by atoms with Crippen LogP contribution in [0, 0.1) is 34.0 Å². The highest BCUT2D eigenvalue weighted by atomic mass is 35.5. The standard InChI is InChI=1S/C28H31ClN2O3/c1-6-7-9-19-10-8-11-20(16-19)24(33)31(14-15-32)25-27(2,3)26(28(25,4)5)34-22-13-12-21(18-30)23(29)17-22/h8,10-13,16-17,25-26,32H,9,14-15H2,1-5H3/t25-,26-. The molecule has 1 saturated carbocycles. The van der Waals surface area contributed by atoms with Crippen LogP contribution in [0.2, 0.25) is 5.02 Å². The van der Waals surface area contributed by atoms with Crippen LogP contribution in [0.4, 0.5) is 0 Å². The molecule has 1 aliphatic carbocycles. The van der Waals surface area contributed by atoms with Crippen molar-refractivity contribution in [2.45, 2.75) is 53.2 Å². The van der Waals surface area contributed by atoms with Crippen LogP contribution < -0.4 is 4.74 Å². The van der Waals surface area contributed by atoms with Gasteiger partial charge in [-0.25, -0.2) is 0 Å². The Morgan fingerprint density at radius 2 is 1.88 bits per heavy atom. The van der Waals surface area contributed by atoms with Crippen LogP contribution in [0.15, 0.2) is 42.5 Å². The summed E-state index contributed by atoms with van der Waals surface area (Å²) in [5.74, 6) is 6.38. The van der Waals surface area contributed by atoms with Crippen molar-refractivity contribution in [3.05, 3.63) is 64.2 Å². The summed E-state index contributed by atoms with van der Waals surface area (Å²) in [5, 5.41) is 19.3. The van der Waals surface area contributed by atoms with Gasteiger partial charge in [0.2, 0.25) is 0 Å². The van der Waals surface area contributed by atoms with Crippen LogP contribution in [0.1, 0.15) is 56.1 Å². The Morgan fingerprint density at radius 1 is 1.18 bits per heavy atom. The number of nitriles is 1. The first-order valence-electron chi connectivity index (χ1n) is 11.3. The number of nitrogens with zero attached hydrogens (tertiary/aromatic N) is 2. The number of hydrogen-bond acceptors (Lipinski definition) is 4. The van der Waals surface area contributed by atoms with Gasteiger partial charge in [0.05, 0.1) is 17.2 Å². The largest absolute Gasteiger partial charge is 0.489 e. The third kappa shape index (κ3) is 4.78. The average Bonchev–Trinajstić information content (AvgIpc) is 2.80. The second kappa shape index (κ2) is 10.1. The van der Waals surface area contributed by atoms with Gasteiger partial charge in [-0.15, -0.1) is 5.92 Å². The molecule has 2 aromatic rings. The molecule has 0 spiro atoms. The number of carbonyl (C=O) groups excluding carboxylic acids is 1. The van der Waals surface area contributed by atoms with E-state index in [1.54, 1.807) is 36.1 Å². The van der Waals surface area contributed by atoms with Crippen LogP contribution in [0.25, 0.3) is 0 Å². The normalized spacial score (nSPS) is 19.7. The SMILES string of the molecule is CC#CCc1cccc(C(=O)N(CCO)[C@H]2C(C)(C)[C@H](Oc3ccc(C#N)c(Cl)c3)C2(C)C)c1. The highest BCUT2D eigenvalue weighted by Gasteiger charge is 2.66. The summed E-state index contributed by atoms with van der Waals surface area (Å²) in [4.78, 5) is 15.4. The Labute approximate surface area is 207 Å². The number of hydrogen-bond donors (Lipinski definition) is 1. The van der Waals surface area contributed by atoms with Crippen molar-refractivity contribution in [1.82, 2.24) is 4.90 Å². The van der Waals surface area contributed by atoms with Gasteiger partial charge >= 0.3 is 0 Å². The number of amides is 1. The topological polar surface area (TPSA) is 73.6 Å². The first-order valence-corrected chi connectivity index (χ1v) is 11.7. The van der Waals surface area contributed by atoms with E-state index in [1.165, 1.54) is 0 Å². The Kier molecular flexibility index (Phi) is 7.61. The van der Waals surface area contributed by atoms with E-state index in [2.05, 4.69) is 45.6 Å².